The highest BCUT2D eigenvalue weighted by Gasteiger charge is 2.74. The molecule has 0 bridgehead atoms. The zero-order chi connectivity index (χ0) is 51.4. The van der Waals surface area contributed by atoms with E-state index in [-0.39, 0.29) is 92.3 Å². The summed E-state index contributed by atoms with van der Waals surface area (Å²) in [6.45, 7) is 30.2. The number of hydrogen-bond acceptors (Lipinski definition) is 6. The molecular formula is C64H104N2O6. The number of fused-ring (bicyclic) bond motifs is 10. The van der Waals surface area contributed by atoms with Crippen LogP contribution in [0.4, 0.5) is 0 Å². The molecule has 4 N–H and O–H groups in total. The summed E-state index contributed by atoms with van der Waals surface area (Å²) in [6.07, 6.45) is 19.2. The lowest BCUT2D eigenvalue weighted by Gasteiger charge is -2.51. The van der Waals surface area contributed by atoms with Gasteiger partial charge in [-0.2, -0.15) is 0 Å². The van der Waals surface area contributed by atoms with Crippen LogP contribution in [0.2, 0.25) is 0 Å². The molecule has 8 nitrogen and oxygen atoms in total. The summed E-state index contributed by atoms with van der Waals surface area (Å²) >= 11 is 0. The van der Waals surface area contributed by atoms with Crippen molar-refractivity contribution in [3.63, 3.8) is 0 Å². The van der Waals surface area contributed by atoms with Crippen molar-refractivity contribution in [1.29, 1.82) is 0 Å². The normalized spacial score (nSPS) is 55.7. The van der Waals surface area contributed by atoms with Crippen molar-refractivity contribution < 1.29 is 30.0 Å². The molecule has 10 saturated carbocycles. The molecule has 2 aliphatic heterocycles. The Morgan fingerprint density at radius 2 is 0.667 bits per heavy atom. The first kappa shape index (κ1) is 51.5. The summed E-state index contributed by atoms with van der Waals surface area (Å²) in [4.78, 5) is 36.0. The van der Waals surface area contributed by atoms with E-state index in [0.29, 0.717) is 72.3 Å². The van der Waals surface area contributed by atoms with Gasteiger partial charge in [0.1, 0.15) is 0 Å². The molecule has 10 aliphatic carbocycles. The van der Waals surface area contributed by atoms with Crippen LogP contribution in [0.15, 0.2) is 0 Å². The molecule has 406 valence electrons. The van der Waals surface area contributed by atoms with Gasteiger partial charge in [0.25, 0.3) is 0 Å². The Hall–Kier alpha value is -1.22. The maximum Gasteiger partial charge on any atom is 0.229 e. The van der Waals surface area contributed by atoms with Gasteiger partial charge in [-0.1, -0.05) is 109 Å². The van der Waals surface area contributed by atoms with Crippen LogP contribution >= 0.6 is 0 Å². The molecule has 0 radical (unpaired) electrons. The van der Waals surface area contributed by atoms with Gasteiger partial charge in [0.2, 0.25) is 11.8 Å². The fourth-order valence-corrected chi connectivity index (χ4v) is 25.3. The largest absolute Gasteiger partial charge is 0.393 e. The molecular weight excluding hydrogens is 893 g/mol. The maximum atomic E-state index is 15.7. The van der Waals surface area contributed by atoms with Crippen molar-refractivity contribution in [2.45, 2.75) is 248 Å². The van der Waals surface area contributed by atoms with Crippen LogP contribution < -0.4 is 0 Å². The molecule has 24 unspecified atom stereocenters. The predicted molar refractivity (Wildman–Crippen MR) is 284 cm³/mol. The third-order valence-corrected chi connectivity index (χ3v) is 27.9. The minimum absolute atomic E-state index is 0.0820. The van der Waals surface area contributed by atoms with Crippen molar-refractivity contribution in [3.8, 4) is 0 Å². The molecule has 2 amide bonds. The number of nitrogens with zero attached hydrogens (tertiary/aromatic N) is 2. The fourth-order valence-electron chi connectivity index (χ4n) is 25.3. The third-order valence-electron chi connectivity index (χ3n) is 27.9. The number of hydrogen-bond donors (Lipinski definition) is 4. The Kier molecular flexibility index (Phi) is 11.9. The minimum atomic E-state index is -0.636. The van der Waals surface area contributed by atoms with E-state index < -0.39 is 23.0 Å². The highest BCUT2D eigenvalue weighted by atomic mass is 16.3. The summed E-state index contributed by atoms with van der Waals surface area (Å²) in [5.74, 6) is 5.34. The van der Waals surface area contributed by atoms with Crippen molar-refractivity contribution >= 4 is 11.8 Å². The van der Waals surface area contributed by atoms with E-state index in [4.69, 9.17) is 0 Å². The van der Waals surface area contributed by atoms with E-state index in [0.717, 1.165) is 116 Å². The van der Waals surface area contributed by atoms with Gasteiger partial charge in [0.05, 0.1) is 35.2 Å². The Balaban J connectivity index is 0.791. The Bertz CT molecular complexity index is 2000. The standard InChI is InChI=1S/C64H104N2O6/c1-35-23-39-43(27-51(35)67)63(31-57(39,3)4)33-59(7,8)41-25-47(53(69)29-45(41)63)61(11)37-17-13-15-19-49(37)65(55(61)71)21-22-66-50-20-16-14-18-38(50)62(12,56(66)72)48-26-42-46(30-54(48)70)64(34-60(42,9)10)32-58(5,6)40-24-36(2)52(68)28-44(40)64/h35-54,67-70H,13-34H2,1-12H3. The van der Waals surface area contributed by atoms with Crippen LogP contribution in [0.5, 0.6) is 0 Å². The molecule has 12 fully saturated rings. The molecule has 0 aromatic heterocycles. The molecule has 72 heavy (non-hydrogen) atoms. The average Bonchev–Trinajstić information content (AvgIpc) is 3.97. The molecule has 2 spiro atoms. The van der Waals surface area contributed by atoms with Crippen LogP contribution in [0, 0.1) is 126 Å². The van der Waals surface area contributed by atoms with E-state index in [1.807, 2.05) is 0 Å². The van der Waals surface area contributed by atoms with Crippen LogP contribution in [-0.2, 0) is 9.59 Å². The minimum Gasteiger partial charge on any atom is -0.393 e. The quantitative estimate of drug-likeness (QED) is 0.218. The summed E-state index contributed by atoms with van der Waals surface area (Å²) in [7, 11) is 0. The zero-order valence-electron chi connectivity index (χ0n) is 47.6. The van der Waals surface area contributed by atoms with Gasteiger partial charge in [-0.25, -0.2) is 0 Å². The van der Waals surface area contributed by atoms with Gasteiger partial charge < -0.3 is 30.2 Å². The highest BCUT2D eigenvalue weighted by molar-refractivity contribution is 5.88. The van der Waals surface area contributed by atoms with Gasteiger partial charge in [-0.15, -0.1) is 0 Å². The van der Waals surface area contributed by atoms with Crippen LogP contribution in [-0.4, -0.2) is 91.6 Å². The van der Waals surface area contributed by atoms with E-state index in [9.17, 15) is 20.4 Å². The molecule has 0 aromatic rings. The van der Waals surface area contributed by atoms with Crippen LogP contribution in [0.25, 0.3) is 0 Å². The van der Waals surface area contributed by atoms with E-state index in [2.05, 4.69) is 92.9 Å². The summed E-state index contributed by atoms with van der Waals surface area (Å²) in [6, 6.07) is 0.306. The van der Waals surface area contributed by atoms with E-state index in [1.165, 1.54) is 12.8 Å². The first-order valence-electron chi connectivity index (χ1n) is 31.0. The molecule has 2 saturated heterocycles. The monoisotopic (exact) mass is 997 g/mol. The Labute approximate surface area is 437 Å². The van der Waals surface area contributed by atoms with Crippen molar-refractivity contribution in [2.75, 3.05) is 13.1 Å². The number of likely N-dealkylation sites (tertiary alicyclic amines) is 2. The van der Waals surface area contributed by atoms with Gasteiger partial charge in [0, 0.05) is 25.2 Å². The SMILES string of the molecule is CC1CC2C(CC1O)C1(CC2(C)C)CC(C)(C)C2CC(C3(C)C(=O)N(CCN4C(=O)C(C)(C5CC6C(CC5O)C5(CC(C)(C)C7CC(C)C(O)CC75)CC6(C)C)C5CCCCC54)C4CCCCC43)C(O)CC21. The molecule has 8 heteroatoms. The topological polar surface area (TPSA) is 122 Å². The zero-order valence-corrected chi connectivity index (χ0v) is 47.6. The molecule has 2 heterocycles. The molecule has 12 rings (SSSR count). The van der Waals surface area contributed by atoms with E-state index >= 15 is 9.59 Å². The van der Waals surface area contributed by atoms with Gasteiger partial charge >= 0.3 is 0 Å². The lowest BCUT2D eigenvalue weighted by molar-refractivity contribution is -0.151. The Morgan fingerprint density at radius 3 is 1.00 bits per heavy atom. The van der Waals surface area contributed by atoms with Crippen molar-refractivity contribution in [3.05, 3.63) is 0 Å². The first-order chi connectivity index (χ1) is 33.6. The second kappa shape index (κ2) is 16.7. The maximum absolute atomic E-state index is 15.7. The number of rotatable bonds is 5. The smallest absolute Gasteiger partial charge is 0.229 e. The van der Waals surface area contributed by atoms with Crippen LogP contribution in [0.3, 0.4) is 0 Å². The van der Waals surface area contributed by atoms with Crippen molar-refractivity contribution in [1.82, 2.24) is 9.80 Å². The number of amides is 2. The lowest BCUT2D eigenvalue weighted by atomic mass is 9.53. The highest BCUT2D eigenvalue weighted by Crippen LogP contribution is 2.78. The number of aliphatic hydroxyl groups excluding tert-OH is 4. The average molecular weight is 998 g/mol. The number of carbonyl (C=O) groups is 2. The summed E-state index contributed by atoms with van der Waals surface area (Å²) in [5, 5.41) is 48.3. The van der Waals surface area contributed by atoms with Gasteiger partial charge in [-0.3, -0.25) is 9.59 Å². The molecule has 0 aromatic carbocycles. The number of carbonyl (C=O) groups excluding carboxylic acids is 2. The number of aliphatic hydroxyl groups is 4. The van der Waals surface area contributed by atoms with Gasteiger partial charge in [0.15, 0.2) is 0 Å². The molecule has 12 aliphatic rings. The third kappa shape index (κ3) is 6.91. The predicted octanol–water partition coefficient (Wildman–Crippen LogP) is 11.5. The van der Waals surface area contributed by atoms with Crippen molar-refractivity contribution in [2.24, 2.45) is 126 Å². The van der Waals surface area contributed by atoms with Crippen LogP contribution in [0.1, 0.15) is 212 Å². The summed E-state index contributed by atoms with van der Waals surface area (Å²) < 4.78 is 0. The second-order valence-corrected chi connectivity index (χ2v) is 32.8. The first-order valence-corrected chi connectivity index (χ1v) is 31.0. The summed E-state index contributed by atoms with van der Waals surface area (Å²) in [5.41, 5.74) is -0.389. The van der Waals surface area contributed by atoms with E-state index in [1.54, 1.807) is 0 Å². The fraction of sp³-hybridized carbons (Fsp3) is 0.969. The molecule has 24 atom stereocenters. The second-order valence-electron chi connectivity index (χ2n) is 32.8. The van der Waals surface area contributed by atoms with Gasteiger partial charge in [-0.05, 0) is 218 Å². The Morgan fingerprint density at radius 1 is 0.375 bits per heavy atom. The lowest BCUT2D eigenvalue weighted by Crippen LogP contribution is -2.53.